The van der Waals surface area contributed by atoms with Gasteiger partial charge >= 0.3 is 12.2 Å². The molecule has 2 bridgehead atoms. The van der Waals surface area contributed by atoms with Gasteiger partial charge in [-0.3, -0.25) is 9.59 Å². The van der Waals surface area contributed by atoms with Crippen LogP contribution in [0.3, 0.4) is 0 Å². The van der Waals surface area contributed by atoms with E-state index in [0.29, 0.717) is 24.9 Å². The number of carbonyl (C=O) groups is 4. The Morgan fingerprint density at radius 1 is 0.793 bits per heavy atom. The number of H-pyrrole nitrogens is 2. The zero-order chi connectivity index (χ0) is 41.1. The number of ether oxygens (including phenoxy) is 2. The topological polar surface area (TPSA) is 175 Å². The molecular formula is C43H56N8O6S. The average molecular weight is 813 g/mol. The number of aromatic nitrogens is 4. The van der Waals surface area contributed by atoms with Crippen LogP contribution in [0.25, 0.3) is 32.3 Å². The maximum absolute atomic E-state index is 13.6. The van der Waals surface area contributed by atoms with Gasteiger partial charge < -0.3 is 39.9 Å². The van der Waals surface area contributed by atoms with E-state index in [2.05, 4.69) is 63.5 Å². The SMILES string of the molecule is CCC.COC(=O)NCC(=O)N1CCCC1c1ncc(-c2sc(-c3ccc(-c4cnc([C@@H]5CCCN5C(=O)C(NC(=O)OC)C(C)C)[nH]4)cc3)c3c2C2CCC3C2)[nH]1. The lowest BCUT2D eigenvalue weighted by molar-refractivity contribution is -0.135. The standard InChI is InChI=1S/C40H48N8O6S.C3H8/c1-21(2)33(46-40(52)54-4)38(50)48-16-6-8-29(48)37-41-18-26(44-37)22-9-11-23(12-10-22)34-31-24-13-14-25(17-24)32(31)35(55-34)27-19-42-36(45-27)28-7-5-15-47(28)30(49)20-43-39(51)53-3;1-3-2/h9-12,18-19,21,24-25,28-29,33H,5-8,13-17,20H2,1-4H3,(H,41,44)(H,42,45)(H,43,51)(H,46,52);3H2,1-2H3/t24?,25?,28?,29-,33?;/m0./s1. The first kappa shape index (κ1) is 41.0. The van der Waals surface area contributed by atoms with Crippen molar-refractivity contribution in [3.8, 4) is 32.3 Å². The molecule has 4 unspecified atom stereocenters. The van der Waals surface area contributed by atoms with Crippen molar-refractivity contribution in [2.45, 2.75) is 109 Å². The molecule has 310 valence electrons. The summed E-state index contributed by atoms with van der Waals surface area (Å²) < 4.78 is 9.41. The second-order valence-electron chi connectivity index (χ2n) is 16.1. The largest absolute Gasteiger partial charge is 0.453 e. The van der Waals surface area contributed by atoms with Gasteiger partial charge in [-0.15, -0.1) is 11.3 Å². The monoisotopic (exact) mass is 812 g/mol. The van der Waals surface area contributed by atoms with Crippen LogP contribution < -0.4 is 10.6 Å². The molecule has 4 amide bonds. The molecular weight excluding hydrogens is 757 g/mol. The summed E-state index contributed by atoms with van der Waals surface area (Å²) in [5.41, 5.74) is 6.99. The first-order valence-corrected chi connectivity index (χ1v) is 21.5. The number of aromatic amines is 2. The van der Waals surface area contributed by atoms with Crippen LogP contribution in [0, 0.1) is 5.92 Å². The van der Waals surface area contributed by atoms with Crippen LogP contribution in [0.1, 0.15) is 126 Å². The molecule has 1 aromatic carbocycles. The van der Waals surface area contributed by atoms with Crippen molar-refractivity contribution in [2.24, 2.45) is 5.92 Å². The van der Waals surface area contributed by atoms with E-state index in [1.807, 2.05) is 42.5 Å². The highest BCUT2D eigenvalue weighted by Crippen LogP contribution is 2.61. The summed E-state index contributed by atoms with van der Waals surface area (Å²) in [7, 11) is 2.58. The number of methoxy groups -OCH3 is 2. The number of hydrogen-bond donors (Lipinski definition) is 4. The number of fused-ring (bicyclic) bond motifs is 5. The smallest absolute Gasteiger partial charge is 0.407 e. The van der Waals surface area contributed by atoms with Crippen molar-refractivity contribution >= 4 is 35.3 Å². The Labute approximate surface area is 343 Å². The lowest BCUT2D eigenvalue weighted by atomic mass is 9.90. The van der Waals surface area contributed by atoms with Gasteiger partial charge in [0.15, 0.2) is 0 Å². The Balaban J connectivity index is 0.00000166. The highest BCUT2D eigenvalue weighted by Gasteiger charge is 2.43. The third-order valence-corrected chi connectivity index (χ3v) is 13.1. The highest BCUT2D eigenvalue weighted by atomic mass is 32.1. The summed E-state index contributed by atoms with van der Waals surface area (Å²) in [5.74, 6) is 2.22. The Morgan fingerprint density at radius 3 is 1.97 bits per heavy atom. The molecule has 14 nitrogen and oxygen atoms in total. The Bertz CT molecular complexity index is 2110. The predicted octanol–water partition coefficient (Wildman–Crippen LogP) is 8.04. The van der Waals surface area contributed by atoms with E-state index in [1.54, 1.807) is 4.90 Å². The Hall–Kier alpha value is -5.18. The predicted molar refractivity (Wildman–Crippen MR) is 222 cm³/mol. The lowest BCUT2D eigenvalue weighted by Gasteiger charge is -2.30. The van der Waals surface area contributed by atoms with Gasteiger partial charge in [-0.05, 0) is 85.0 Å². The van der Waals surface area contributed by atoms with E-state index in [0.717, 1.165) is 54.3 Å². The van der Waals surface area contributed by atoms with Gasteiger partial charge in [0.05, 0.1) is 55.0 Å². The number of likely N-dealkylation sites (tertiary alicyclic amines) is 2. The van der Waals surface area contributed by atoms with Gasteiger partial charge in [0, 0.05) is 18.0 Å². The number of alkyl carbamates (subject to hydrolysis) is 2. The van der Waals surface area contributed by atoms with Gasteiger partial charge in [-0.2, -0.15) is 0 Å². The maximum Gasteiger partial charge on any atom is 0.407 e. The van der Waals surface area contributed by atoms with E-state index in [1.165, 1.54) is 66.3 Å². The van der Waals surface area contributed by atoms with Crippen LogP contribution in [0.4, 0.5) is 9.59 Å². The summed E-state index contributed by atoms with van der Waals surface area (Å²) in [6.07, 6.45) is 10.7. The van der Waals surface area contributed by atoms with Gasteiger partial charge in [-0.1, -0.05) is 58.4 Å². The van der Waals surface area contributed by atoms with Gasteiger partial charge in [0.25, 0.3) is 0 Å². The molecule has 8 rings (SSSR count). The molecule has 2 saturated heterocycles. The van der Waals surface area contributed by atoms with E-state index in [4.69, 9.17) is 14.7 Å². The summed E-state index contributed by atoms with van der Waals surface area (Å²) >= 11 is 1.82. The molecule has 3 aromatic heterocycles. The molecule has 0 spiro atoms. The summed E-state index contributed by atoms with van der Waals surface area (Å²) in [4.78, 5) is 73.0. The van der Waals surface area contributed by atoms with Crippen LogP contribution >= 0.6 is 11.3 Å². The minimum absolute atomic E-state index is 0.101. The van der Waals surface area contributed by atoms with Crippen LogP contribution in [-0.2, 0) is 19.1 Å². The molecule has 58 heavy (non-hydrogen) atoms. The van der Waals surface area contributed by atoms with E-state index < -0.39 is 18.2 Å². The summed E-state index contributed by atoms with van der Waals surface area (Å²) in [5, 5.41) is 5.22. The maximum atomic E-state index is 13.6. The lowest BCUT2D eigenvalue weighted by Crippen LogP contribution is -2.51. The van der Waals surface area contributed by atoms with Crippen molar-refractivity contribution in [3.63, 3.8) is 0 Å². The quantitative estimate of drug-likeness (QED) is 0.125. The van der Waals surface area contributed by atoms with Gasteiger partial charge in [0.2, 0.25) is 11.8 Å². The van der Waals surface area contributed by atoms with Crippen LogP contribution in [0.15, 0.2) is 36.7 Å². The number of hydrogen-bond acceptors (Lipinski definition) is 9. The van der Waals surface area contributed by atoms with E-state index in [-0.39, 0.29) is 36.4 Å². The zero-order valence-corrected chi connectivity index (χ0v) is 35.2. The van der Waals surface area contributed by atoms with Crippen LogP contribution in [0.2, 0.25) is 0 Å². The van der Waals surface area contributed by atoms with E-state index in [9.17, 15) is 19.2 Å². The molecule has 5 heterocycles. The van der Waals surface area contributed by atoms with Crippen LogP contribution in [-0.4, -0.2) is 93.6 Å². The van der Waals surface area contributed by atoms with Crippen molar-refractivity contribution in [1.82, 2.24) is 40.4 Å². The van der Waals surface area contributed by atoms with E-state index >= 15 is 0 Å². The average Bonchev–Trinajstić information content (AvgIpc) is 4.08. The molecule has 5 atom stereocenters. The van der Waals surface area contributed by atoms with Crippen molar-refractivity contribution in [3.05, 3.63) is 59.4 Å². The van der Waals surface area contributed by atoms with Gasteiger partial charge in [-0.25, -0.2) is 19.6 Å². The van der Waals surface area contributed by atoms with Crippen molar-refractivity contribution in [1.29, 1.82) is 0 Å². The third-order valence-electron chi connectivity index (χ3n) is 11.8. The number of carbonyl (C=O) groups excluding carboxylic acids is 4. The minimum atomic E-state index is -0.684. The minimum Gasteiger partial charge on any atom is -0.453 e. The Kier molecular flexibility index (Phi) is 12.5. The van der Waals surface area contributed by atoms with Crippen LogP contribution in [0.5, 0.6) is 0 Å². The highest BCUT2D eigenvalue weighted by molar-refractivity contribution is 7.19. The number of nitrogens with one attached hydrogen (secondary N) is 4. The van der Waals surface area contributed by atoms with Crippen molar-refractivity contribution < 1.29 is 28.7 Å². The number of nitrogens with zero attached hydrogens (tertiary/aromatic N) is 4. The number of imidazole rings is 2. The third kappa shape index (κ3) is 8.10. The fourth-order valence-electron chi connectivity index (χ4n) is 9.13. The zero-order valence-electron chi connectivity index (χ0n) is 34.4. The first-order valence-electron chi connectivity index (χ1n) is 20.7. The molecule has 0 radical (unpaired) electrons. The number of benzene rings is 1. The molecule has 2 aliphatic carbocycles. The first-order chi connectivity index (χ1) is 28.1. The summed E-state index contributed by atoms with van der Waals surface area (Å²) in [6, 6.07) is 7.59. The fraction of sp³-hybridized carbons (Fsp3) is 0.535. The number of thiophene rings is 1. The second-order valence-corrected chi connectivity index (χ2v) is 17.1. The van der Waals surface area contributed by atoms with Gasteiger partial charge in [0.1, 0.15) is 24.2 Å². The molecule has 4 aliphatic rings. The normalized spacial score (nSPS) is 21.1. The number of amides is 4. The molecule has 15 heteroatoms. The fourth-order valence-corrected chi connectivity index (χ4v) is 10.6. The molecule has 1 saturated carbocycles. The molecule has 3 fully saturated rings. The molecule has 2 aliphatic heterocycles. The number of rotatable bonds is 10. The summed E-state index contributed by atoms with van der Waals surface area (Å²) in [6.45, 7) is 9.18. The van der Waals surface area contributed by atoms with Crippen molar-refractivity contribution in [2.75, 3.05) is 33.9 Å². The Morgan fingerprint density at radius 2 is 1.34 bits per heavy atom. The molecule has 4 aromatic rings. The second kappa shape index (κ2) is 17.8. The molecule has 4 N–H and O–H groups in total.